The Morgan fingerprint density at radius 1 is 1.83 bits per heavy atom. The van der Waals surface area contributed by atoms with Crippen LogP contribution in [-0.2, 0) is 0 Å². The number of nitrogens with zero attached hydrogens (tertiary/aromatic N) is 1. The summed E-state index contributed by atoms with van der Waals surface area (Å²) in [5.74, 6) is 0. The standard InChI is InChI=1S/C8H9NO2S/c1-2-7(9(10)11)6-8-4-3-5-12-8/h3-6H,2H2,1H3. The molecule has 0 N–H and O–H groups in total. The lowest BCUT2D eigenvalue weighted by Crippen LogP contribution is -1.95. The van der Waals surface area contributed by atoms with Gasteiger partial charge in [-0.25, -0.2) is 0 Å². The summed E-state index contributed by atoms with van der Waals surface area (Å²) in [5, 5.41) is 12.3. The van der Waals surface area contributed by atoms with Gasteiger partial charge in [0.05, 0.1) is 4.92 Å². The third kappa shape index (κ3) is 2.17. The molecule has 0 aliphatic carbocycles. The second kappa shape index (κ2) is 4.01. The second-order valence-electron chi connectivity index (χ2n) is 2.26. The normalized spacial score (nSPS) is 11.6. The first-order valence-corrected chi connectivity index (χ1v) is 4.50. The zero-order valence-electron chi connectivity index (χ0n) is 6.69. The fraction of sp³-hybridized carbons (Fsp3) is 0.250. The van der Waals surface area contributed by atoms with Crippen LogP contribution in [0, 0.1) is 10.1 Å². The monoisotopic (exact) mass is 183 g/mol. The Labute approximate surface area is 74.5 Å². The Balaban J connectivity index is 2.85. The van der Waals surface area contributed by atoms with Crippen molar-refractivity contribution in [3.8, 4) is 0 Å². The Hall–Kier alpha value is -1.16. The highest BCUT2D eigenvalue weighted by Crippen LogP contribution is 2.14. The number of allylic oxidation sites excluding steroid dienone is 1. The van der Waals surface area contributed by atoms with E-state index in [2.05, 4.69) is 0 Å². The maximum atomic E-state index is 10.4. The molecule has 64 valence electrons. The average Bonchev–Trinajstić information content (AvgIpc) is 2.51. The van der Waals surface area contributed by atoms with Crippen molar-refractivity contribution in [2.24, 2.45) is 0 Å². The molecule has 1 rings (SSSR count). The molecule has 0 saturated heterocycles. The summed E-state index contributed by atoms with van der Waals surface area (Å²) in [6.07, 6.45) is 2.08. The molecule has 3 nitrogen and oxygen atoms in total. The summed E-state index contributed by atoms with van der Waals surface area (Å²) in [4.78, 5) is 11.0. The maximum Gasteiger partial charge on any atom is 0.247 e. The van der Waals surface area contributed by atoms with Crippen LogP contribution in [-0.4, -0.2) is 4.92 Å². The van der Waals surface area contributed by atoms with Crippen molar-refractivity contribution < 1.29 is 4.92 Å². The Bertz CT molecular complexity index is 290. The predicted octanol–water partition coefficient (Wildman–Crippen LogP) is 2.78. The van der Waals surface area contributed by atoms with Crippen LogP contribution < -0.4 is 0 Å². The molecular weight excluding hydrogens is 174 g/mol. The van der Waals surface area contributed by atoms with Crippen molar-refractivity contribution in [2.45, 2.75) is 13.3 Å². The lowest BCUT2D eigenvalue weighted by atomic mass is 10.3. The fourth-order valence-corrected chi connectivity index (χ4v) is 1.50. The van der Waals surface area contributed by atoms with Gasteiger partial charge in [0.1, 0.15) is 0 Å². The predicted molar refractivity (Wildman–Crippen MR) is 49.6 cm³/mol. The van der Waals surface area contributed by atoms with Gasteiger partial charge >= 0.3 is 0 Å². The Kier molecular flexibility index (Phi) is 2.99. The van der Waals surface area contributed by atoms with Crippen LogP contribution >= 0.6 is 11.3 Å². The molecule has 0 radical (unpaired) electrons. The first-order valence-electron chi connectivity index (χ1n) is 3.62. The van der Waals surface area contributed by atoms with E-state index in [0.29, 0.717) is 6.42 Å². The molecule has 0 amide bonds. The molecule has 0 fully saturated rings. The molecular formula is C8H9NO2S. The number of thiophene rings is 1. The van der Waals surface area contributed by atoms with Crippen molar-refractivity contribution in [2.75, 3.05) is 0 Å². The molecule has 4 heteroatoms. The third-order valence-corrected chi connectivity index (χ3v) is 2.27. The van der Waals surface area contributed by atoms with E-state index in [0.717, 1.165) is 4.88 Å². The van der Waals surface area contributed by atoms with E-state index in [4.69, 9.17) is 0 Å². The van der Waals surface area contributed by atoms with Crippen molar-refractivity contribution >= 4 is 17.4 Å². The van der Waals surface area contributed by atoms with Gasteiger partial charge in [-0.05, 0) is 11.4 Å². The van der Waals surface area contributed by atoms with Crippen LogP contribution in [0.15, 0.2) is 23.2 Å². The summed E-state index contributed by atoms with van der Waals surface area (Å²) >= 11 is 1.50. The van der Waals surface area contributed by atoms with Crippen LogP contribution in [0.4, 0.5) is 0 Å². The smallest absolute Gasteiger partial charge is 0.247 e. The van der Waals surface area contributed by atoms with E-state index in [1.807, 2.05) is 17.5 Å². The molecule has 0 aliphatic heterocycles. The number of nitro groups is 1. The van der Waals surface area contributed by atoms with Gasteiger partial charge in [0.2, 0.25) is 5.70 Å². The van der Waals surface area contributed by atoms with Crippen molar-refractivity contribution in [3.63, 3.8) is 0 Å². The first kappa shape index (κ1) is 8.93. The van der Waals surface area contributed by atoms with Gasteiger partial charge in [-0.15, -0.1) is 11.3 Å². The fourth-order valence-electron chi connectivity index (χ4n) is 0.821. The van der Waals surface area contributed by atoms with E-state index in [1.54, 1.807) is 13.0 Å². The van der Waals surface area contributed by atoms with E-state index < -0.39 is 0 Å². The number of rotatable bonds is 3. The van der Waals surface area contributed by atoms with E-state index in [1.165, 1.54) is 11.3 Å². The number of hydrogen-bond acceptors (Lipinski definition) is 3. The molecule has 1 heterocycles. The Morgan fingerprint density at radius 2 is 2.58 bits per heavy atom. The summed E-state index contributed by atoms with van der Waals surface area (Å²) in [7, 11) is 0. The molecule has 0 spiro atoms. The summed E-state index contributed by atoms with van der Waals surface area (Å²) < 4.78 is 0. The van der Waals surface area contributed by atoms with Crippen molar-refractivity contribution in [1.29, 1.82) is 0 Å². The SMILES string of the molecule is CCC(=Cc1cccs1)[N+](=O)[O-]. The molecule has 0 atom stereocenters. The minimum Gasteiger partial charge on any atom is -0.259 e. The lowest BCUT2D eigenvalue weighted by Gasteiger charge is -1.91. The van der Waals surface area contributed by atoms with Crippen molar-refractivity contribution in [1.82, 2.24) is 0 Å². The van der Waals surface area contributed by atoms with Crippen LogP contribution in [0.2, 0.25) is 0 Å². The van der Waals surface area contributed by atoms with Gasteiger partial charge in [0.25, 0.3) is 0 Å². The summed E-state index contributed by atoms with van der Waals surface area (Å²) in [6, 6.07) is 3.74. The van der Waals surface area contributed by atoms with Gasteiger partial charge in [-0.1, -0.05) is 13.0 Å². The molecule has 12 heavy (non-hydrogen) atoms. The van der Waals surface area contributed by atoms with Gasteiger partial charge in [-0.3, -0.25) is 10.1 Å². The van der Waals surface area contributed by atoms with Crippen LogP contribution in [0.25, 0.3) is 6.08 Å². The van der Waals surface area contributed by atoms with E-state index >= 15 is 0 Å². The quantitative estimate of drug-likeness (QED) is 0.534. The second-order valence-corrected chi connectivity index (χ2v) is 3.24. The zero-order chi connectivity index (χ0) is 8.97. The maximum absolute atomic E-state index is 10.4. The highest BCUT2D eigenvalue weighted by molar-refractivity contribution is 7.10. The van der Waals surface area contributed by atoms with Gasteiger partial charge in [0.15, 0.2) is 0 Å². The molecule has 1 aromatic rings. The van der Waals surface area contributed by atoms with Gasteiger partial charge in [-0.2, -0.15) is 0 Å². The van der Waals surface area contributed by atoms with Gasteiger partial charge < -0.3 is 0 Å². The third-order valence-electron chi connectivity index (χ3n) is 1.45. The number of hydrogen-bond donors (Lipinski definition) is 0. The molecule has 0 saturated carbocycles. The van der Waals surface area contributed by atoms with E-state index in [9.17, 15) is 10.1 Å². The lowest BCUT2D eigenvalue weighted by molar-refractivity contribution is -0.425. The Morgan fingerprint density at radius 3 is 3.00 bits per heavy atom. The van der Waals surface area contributed by atoms with Crippen LogP contribution in [0.3, 0.4) is 0 Å². The van der Waals surface area contributed by atoms with Crippen LogP contribution in [0.1, 0.15) is 18.2 Å². The molecule has 0 aromatic carbocycles. The van der Waals surface area contributed by atoms with E-state index in [-0.39, 0.29) is 10.6 Å². The highest BCUT2D eigenvalue weighted by atomic mass is 32.1. The topological polar surface area (TPSA) is 43.1 Å². The molecule has 1 aromatic heterocycles. The summed E-state index contributed by atoms with van der Waals surface area (Å²) in [6.45, 7) is 1.78. The van der Waals surface area contributed by atoms with Gasteiger partial charge in [0, 0.05) is 17.4 Å². The molecule has 0 bridgehead atoms. The van der Waals surface area contributed by atoms with Crippen molar-refractivity contribution in [3.05, 3.63) is 38.2 Å². The molecule has 0 unspecified atom stereocenters. The van der Waals surface area contributed by atoms with Crippen LogP contribution in [0.5, 0.6) is 0 Å². The zero-order valence-corrected chi connectivity index (χ0v) is 7.50. The largest absolute Gasteiger partial charge is 0.259 e. The minimum absolute atomic E-state index is 0.262. The minimum atomic E-state index is -0.334. The average molecular weight is 183 g/mol. The molecule has 0 aliphatic rings. The first-order chi connectivity index (χ1) is 5.74. The highest BCUT2D eigenvalue weighted by Gasteiger charge is 2.06. The summed E-state index contributed by atoms with van der Waals surface area (Å²) in [5.41, 5.74) is 0.262.